The maximum atomic E-state index is 13.6. The van der Waals surface area contributed by atoms with Crippen LogP contribution in [0.1, 0.15) is 19.4 Å². The van der Waals surface area contributed by atoms with Gasteiger partial charge in [0.05, 0.1) is 22.7 Å². The molecule has 2 atom stereocenters. The maximum absolute atomic E-state index is 13.6. The van der Waals surface area contributed by atoms with Crippen LogP contribution in [-0.4, -0.2) is 63.6 Å². The van der Waals surface area contributed by atoms with Crippen LogP contribution in [0.2, 0.25) is 0 Å². The molecular weight excluding hydrogens is 512 g/mol. The van der Waals surface area contributed by atoms with E-state index in [4.69, 9.17) is 0 Å². The van der Waals surface area contributed by atoms with Gasteiger partial charge in [-0.15, -0.1) is 11.3 Å². The number of carboxylic acid groups (broad SMARTS) is 1. The van der Waals surface area contributed by atoms with Crippen LogP contribution in [0.5, 0.6) is 0 Å². The van der Waals surface area contributed by atoms with Crippen molar-refractivity contribution in [1.82, 2.24) is 19.0 Å². The van der Waals surface area contributed by atoms with E-state index in [1.807, 2.05) is 66.4 Å². The third-order valence-electron chi connectivity index (χ3n) is 5.91. The van der Waals surface area contributed by atoms with Crippen LogP contribution in [-0.2, 0) is 16.4 Å². The molecule has 0 fully saturated rings. The predicted octanol–water partition coefficient (Wildman–Crippen LogP) is 3.95. The first-order chi connectivity index (χ1) is 17.6. The van der Waals surface area contributed by atoms with E-state index in [1.54, 1.807) is 12.1 Å². The molecule has 0 saturated carbocycles. The molecule has 0 saturated heterocycles. The summed E-state index contributed by atoms with van der Waals surface area (Å²) in [5, 5.41) is 24.6. The molecule has 0 aliphatic rings. The summed E-state index contributed by atoms with van der Waals surface area (Å²) in [6, 6.07) is 14.8. The number of sulfonamides is 1. The Kier molecular flexibility index (Phi) is 8.28. The lowest BCUT2D eigenvalue weighted by Crippen LogP contribution is -2.50. The largest absolute Gasteiger partial charge is 0.465 e. The molecule has 2 heterocycles. The zero-order chi connectivity index (χ0) is 26.6. The molecule has 2 aromatic carbocycles. The number of benzene rings is 2. The highest BCUT2D eigenvalue weighted by atomic mass is 32.2. The summed E-state index contributed by atoms with van der Waals surface area (Å²) in [6.45, 7) is 3.69. The number of nitrogens with one attached hydrogen (secondary N) is 1. The van der Waals surface area contributed by atoms with Gasteiger partial charge in [0.25, 0.3) is 0 Å². The Balaban J connectivity index is 1.55. The lowest BCUT2D eigenvalue weighted by molar-refractivity contribution is 0.0980. The Morgan fingerprint density at radius 1 is 1.11 bits per heavy atom. The minimum atomic E-state index is -3.96. The molecule has 0 unspecified atom stereocenters. The second-order valence-corrected chi connectivity index (χ2v) is 12.1. The zero-order valence-electron chi connectivity index (χ0n) is 20.6. The smallest absolute Gasteiger partial charge is 0.404 e. The molecule has 196 valence electrons. The zero-order valence-corrected chi connectivity index (χ0v) is 22.2. The molecular formula is C26H30N4O5S2. The van der Waals surface area contributed by atoms with E-state index in [0.29, 0.717) is 0 Å². The molecule has 0 spiro atoms. The lowest BCUT2D eigenvalue weighted by atomic mass is 10.0. The number of imidazole rings is 1. The van der Waals surface area contributed by atoms with Crippen LogP contribution in [0.4, 0.5) is 4.79 Å². The summed E-state index contributed by atoms with van der Waals surface area (Å²) in [4.78, 5) is 16.9. The molecule has 2 aromatic heterocycles. The first-order valence-corrected chi connectivity index (χ1v) is 14.2. The first kappa shape index (κ1) is 26.8. The van der Waals surface area contributed by atoms with E-state index in [-0.39, 0.29) is 30.3 Å². The van der Waals surface area contributed by atoms with E-state index in [2.05, 4.69) is 10.3 Å². The summed E-state index contributed by atoms with van der Waals surface area (Å²) in [5.41, 5.74) is 2.36. The van der Waals surface area contributed by atoms with Crippen LogP contribution in [0.15, 0.2) is 77.3 Å². The van der Waals surface area contributed by atoms with Crippen molar-refractivity contribution in [2.24, 2.45) is 5.92 Å². The molecule has 0 aliphatic carbocycles. The SMILES string of the molecule is CC(C)CN(C[C@H](O)[C@H](Cc1ccccc1)NC(=O)O)S(=O)(=O)c1ccc(-c2cn3ccsc3n2)cc1. The first-order valence-electron chi connectivity index (χ1n) is 11.9. The van der Waals surface area contributed by atoms with Gasteiger partial charge in [0.15, 0.2) is 4.96 Å². The van der Waals surface area contributed by atoms with Gasteiger partial charge < -0.3 is 15.5 Å². The van der Waals surface area contributed by atoms with E-state index in [9.17, 15) is 23.4 Å². The Hall–Kier alpha value is -3.25. The highest BCUT2D eigenvalue weighted by Gasteiger charge is 2.31. The van der Waals surface area contributed by atoms with Gasteiger partial charge in [0.1, 0.15) is 0 Å². The molecule has 4 rings (SSSR count). The molecule has 0 aliphatic heterocycles. The number of aliphatic hydroxyl groups excluding tert-OH is 1. The van der Waals surface area contributed by atoms with Crippen LogP contribution in [0, 0.1) is 5.92 Å². The molecule has 0 bridgehead atoms. The quantitative estimate of drug-likeness (QED) is 0.264. The number of aromatic nitrogens is 2. The molecule has 9 nitrogen and oxygen atoms in total. The van der Waals surface area contributed by atoms with Crippen LogP contribution in [0.25, 0.3) is 16.2 Å². The average Bonchev–Trinajstić information content (AvgIpc) is 3.46. The molecule has 1 amide bonds. The number of amides is 1. The average molecular weight is 543 g/mol. The van der Waals surface area contributed by atoms with Gasteiger partial charge in [-0.05, 0) is 30.0 Å². The van der Waals surface area contributed by atoms with Crippen molar-refractivity contribution in [3.05, 3.63) is 77.9 Å². The highest BCUT2D eigenvalue weighted by Crippen LogP contribution is 2.25. The monoisotopic (exact) mass is 542 g/mol. The highest BCUT2D eigenvalue weighted by molar-refractivity contribution is 7.89. The molecule has 11 heteroatoms. The molecule has 37 heavy (non-hydrogen) atoms. The second kappa shape index (κ2) is 11.4. The Labute approximate surface area is 220 Å². The Morgan fingerprint density at radius 2 is 1.81 bits per heavy atom. The van der Waals surface area contributed by atoms with Gasteiger partial charge in [-0.25, -0.2) is 18.2 Å². The maximum Gasteiger partial charge on any atom is 0.404 e. The van der Waals surface area contributed by atoms with E-state index in [1.165, 1.54) is 27.8 Å². The molecule has 0 radical (unpaired) electrons. The Bertz CT molecular complexity index is 1400. The number of fused-ring (bicyclic) bond motifs is 1. The van der Waals surface area contributed by atoms with E-state index in [0.717, 1.165) is 21.8 Å². The van der Waals surface area contributed by atoms with E-state index >= 15 is 0 Å². The van der Waals surface area contributed by atoms with Gasteiger partial charge in [-0.2, -0.15) is 4.31 Å². The fourth-order valence-corrected chi connectivity index (χ4v) is 6.46. The fourth-order valence-electron chi connectivity index (χ4n) is 4.14. The minimum Gasteiger partial charge on any atom is -0.465 e. The lowest BCUT2D eigenvalue weighted by Gasteiger charge is -2.30. The number of nitrogens with zero attached hydrogens (tertiary/aromatic N) is 3. The Morgan fingerprint density at radius 3 is 2.43 bits per heavy atom. The van der Waals surface area contributed by atoms with Gasteiger partial charge in [-0.3, -0.25) is 4.40 Å². The number of thiazole rings is 1. The van der Waals surface area contributed by atoms with Crippen LogP contribution in [0.3, 0.4) is 0 Å². The van der Waals surface area contributed by atoms with Crippen molar-refractivity contribution in [2.45, 2.75) is 37.3 Å². The van der Waals surface area contributed by atoms with Gasteiger partial charge in [-0.1, -0.05) is 56.3 Å². The molecule has 3 N–H and O–H groups in total. The second-order valence-electron chi connectivity index (χ2n) is 9.27. The summed E-state index contributed by atoms with van der Waals surface area (Å²) >= 11 is 1.52. The van der Waals surface area contributed by atoms with Gasteiger partial charge >= 0.3 is 6.09 Å². The number of rotatable bonds is 11. The topological polar surface area (TPSA) is 124 Å². The number of hydrogen-bond acceptors (Lipinski definition) is 6. The van der Waals surface area contributed by atoms with Crippen molar-refractivity contribution in [2.75, 3.05) is 13.1 Å². The van der Waals surface area contributed by atoms with Crippen LogP contribution < -0.4 is 5.32 Å². The standard InChI is InChI=1S/C26H30N4O5S2/c1-18(2)15-30(17-24(31)22(28-26(32)33)14-19-6-4-3-5-7-19)37(34,35)21-10-8-20(9-11-21)23-16-29-12-13-36-25(29)27-23/h3-13,16,18,22,24,28,31H,14-15,17H2,1-2H3,(H,32,33)/t22-,24-/m0/s1. The van der Waals surface area contributed by atoms with Crippen molar-refractivity contribution >= 4 is 32.4 Å². The van der Waals surface area contributed by atoms with Crippen molar-refractivity contribution < 1.29 is 23.4 Å². The predicted molar refractivity (Wildman–Crippen MR) is 143 cm³/mol. The number of carbonyl (C=O) groups is 1. The fraction of sp³-hybridized carbons (Fsp3) is 0.308. The third-order valence-corrected chi connectivity index (χ3v) is 8.53. The van der Waals surface area contributed by atoms with Crippen molar-refractivity contribution in [3.63, 3.8) is 0 Å². The summed E-state index contributed by atoms with van der Waals surface area (Å²) in [5.74, 6) is -0.0141. The van der Waals surface area contributed by atoms with Gasteiger partial charge in [0.2, 0.25) is 10.0 Å². The van der Waals surface area contributed by atoms with Crippen LogP contribution >= 0.6 is 11.3 Å². The number of aliphatic hydroxyl groups is 1. The summed E-state index contributed by atoms with van der Waals surface area (Å²) < 4.78 is 30.4. The summed E-state index contributed by atoms with van der Waals surface area (Å²) in [7, 11) is -3.96. The van der Waals surface area contributed by atoms with Crippen molar-refractivity contribution in [1.29, 1.82) is 0 Å². The number of hydrogen-bond donors (Lipinski definition) is 3. The normalized spacial score (nSPS) is 13.8. The van der Waals surface area contributed by atoms with Crippen molar-refractivity contribution in [3.8, 4) is 11.3 Å². The van der Waals surface area contributed by atoms with E-state index < -0.39 is 28.3 Å². The van der Waals surface area contributed by atoms with Gasteiger partial charge in [0, 0.05) is 36.4 Å². The molecule has 4 aromatic rings. The summed E-state index contributed by atoms with van der Waals surface area (Å²) in [6.07, 6.45) is 1.48. The third kappa shape index (κ3) is 6.55. The minimum absolute atomic E-state index is 0.0141.